The molecule has 1 aliphatic rings. The van der Waals surface area contributed by atoms with Crippen molar-refractivity contribution >= 4 is 21.9 Å². The number of nitrogens with one attached hydrogen (secondary N) is 1. The van der Waals surface area contributed by atoms with E-state index in [1.54, 1.807) is 32.9 Å². The predicted octanol–water partition coefficient (Wildman–Crippen LogP) is 2.03. The van der Waals surface area contributed by atoms with E-state index in [2.05, 4.69) is 5.32 Å². The third-order valence-electron chi connectivity index (χ3n) is 4.77. The van der Waals surface area contributed by atoms with Crippen LogP contribution in [0.4, 0.5) is 0 Å². The first-order chi connectivity index (χ1) is 12.5. The number of piperidine rings is 1. The van der Waals surface area contributed by atoms with Crippen LogP contribution in [-0.4, -0.2) is 53.6 Å². The van der Waals surface area contributed by atoms with Crippen molar-refractivity contribution in [3.63, 3.8) is 0 Å². The minimum absolute atomic E-state index is 0.0155. The Balaban J connectivity index is 1.78. The number of aromatic carboxylic acids is 1. The highest BCUT2D eigenvalue weighted by Gasteiger charge is 2.37. The van der Waals surface area contributed by atoms with Gasteiger partial charge >= 0.3 is 5.97 Å². The summed E-state index contributed by atoms with van der Waals surface area (Å²) in [5, 5.41) is 11.9. The third kappa shape index (κ3) is 5.52. The first-order valence-corrected chi connectivity index (χ1v) is 10.6. The highest BCUT2D eigenvalue weighted by atomic mass is 32.2. The number of hydrogen-bond donors (Lipinski definition) is 2. The van der Waals surface area contributed by atoms with Crippen molar-refractivity contribution in [2.45, 2.75) is 57.2 Å². The third-order valence-corrected chi connectivity index (χ3v) is 7.37. The van der Waals surface area contributed by atoms with Gasteiger partial charge in [0.05, 0.1) is 10.3 Å². The maximum absolute atomic E-state index is 12.5. The predicted molar refractivity (Wildman–Crippen MR) is 103 cm³/mol. The molecule has 2 rings (SSSR count). The smallest absolute Gasteiger partial charge is 0.335 e. The Kier molecular flexibility index (Phi) is 6.64. The second-order valence-corrected chi connectivity index (χ2v) is 10.6. The molecule has 0 aliphatic carbocycles. The topological polar surface area (TPSA) is 104 Å². The van der Waals surface area contributed by atoms with Gasteiger partial charge in [-0.3, -0.25) is 4.79 Å². The van der Waals surface area contributed by atoms with Gasteiger partial charge in [0.25, 0.3) is 0 Å². The molecule has 1 fully saturated rings. The molecular weight excluding hydrogens is 368 g/mol. The van der Waals surface area contributed by atoms with E-state index in [1.165, 1.54) is 16.4 Å². The van der Waals surface area contributed by atoms with Gasteiger partial charge in [-0.25, -0.2) is 17.5 Å². The summed E-state index contributed by atoms with van der Waals surface area (Å²) >= 11 is 0. The van der Waals surface area contributed by atoms with Crippen molar-refractivity contribution in [3.8, 4) is 0 Å². The van der Waals surface area contributed by atoms with Gasteiger partial charge in [0.2, 0.25) is 15.9 Å². The lowest BCUT2D eigenvalue weighted by atomic mass is 10.0. The maximum Gasteiger partial charge on any atom is 0.335 e. The molecule has 1 amide bonds. The summed E-state index contributed by atoms with van der Waals surface area (Å²) in [6, 6.07) is 6.47. The first kappa shape index (κ1) is 21.4. The summed E-state index contributed by atoms with van der Waals surface area (Å²) in [5.74, 6) is -1.05. The number of nitrogens with zero attached hydrogens (tertiary/aromatic N) is 1. The monoisotopic (exact) mass is 396 g/mol. The molecule has 0 atom stereocenters. The summed E-state index contributed by atoms with van der Waals surface area (Å²) in [5.41, 5.74) is 1.13. The van der Waals surface area contributed by atoms with Crippen LogP contribution in [0.1, 0.15) is 56.0 Å². The van der Waals surface area contributed by atoms with Crippen LogP contribution in [0.25, 0.3) is 0 Å². The van der Waals surface area contributed by atoms with Gasteiger partial charge in [-0.15, -0.1) is 0 Å². The Morgan fingerprint density at radius 2 is 1.70 bits per heavy atom. The van der Waals surface area contributed by atoms with E-state index in [-0.39, 0.29) is 17.5 Å². The fourth-order valence-corrected chi connectivity index (χ4v) is 4.47. The number of benzene rings is 1. The number of hydrogen-bond acceptors (Lipinski definition) is 4. The normalized spacial score (nSPS) is 16.9. The molecule has 1 aliphatic heterocycles. The van der Waals surface area contributed by atoms with Gasteiger partial charge in [0.15, 0.2) is 0 Å². The minimum atomic E-state index is -3.33. The lowest BCUT2D eigenvalue weighted by molar-refractivity contribution is -0.122. The van der Waals surface area contributed by atoms with E-state index in [0.29, 0.717) is 38.8 Å². The van der Waals surface area contributed by atoms with Crippen molar-refractivity contribution in [1.29, 1.82) is 0 Å². The summed E-state index contributed by atoms with van der Waals surface area (Å²) in [4.78, 5) is 23.0. The molecule has 27 heavy (non-hydrogen) atoms. The molecule has 1 aromatic carbocycles. The summed E-state index contributed by atoms with van der Waals surface area (Å²) in [6.07, 6.45) is 2.05. The number of carbonyl (C=O) groups excluding carboxylic acids is 1. The van der Waals surface area contributed by atoms with Crippen molar-refractivity contribution in [2.24, 2.45) is 0 Å². The lowest BCUT2D eigenvalue weighted by Crippen LogP contribution is -2.50. The average molecular weight is 397 g/mol. The standard InChI is InChI=1S/C19H28N2O5S/c1-19(2,3)27(25,26)21-12-10-16(11-13-21)20-17(22)9-6-14-4-7-15(8-5-14)18(23)24/h4-5,7-8,16H,6,9-13H2,1-3H3,(H,20,22)(H,23,24). The van der Waals surface area contributed by atoms with Crippen LogP contribution < -0.4 is 5.32 Å². The molecule has 0 unspecified atom stereocenters. The fraction of sp³-hybridized carbons (Fsp3) is 0.579. The average Bonchev–Trinajstić information content (AvgIpc) is 2.60. The largest absolute Gasteiger partial charge is 0.478 e. The number of amides is 1. The maximum atomic E-state index is 12.5. The van der Waals surface area contributed by atoms with E-state index in [0.717, 1.165) is 5.56 Å². The second-order valence-electron chi connectivity index (χ2n) is 7.86. The molecule has 0 radical (unpaired) electrons. The number of carboxylic acid groups (broad SMARTS) is 1. The van der Waals surface area contributed by atoms with Crippen LogP contribution in [0.15, 0.2) is 24.3 Å². The minimum Gasteiger partial charge on any atom is -0.478 e. The number of rotatable bonds is 6. The fourth-order valence-electron chi connectivity index (χ4n) is 3.00. The van der Waals surface area contributed by atoms with Crippen LogP contribution >= 0.6 is 0 Å². The highest BCUT2D eigenvalue weighted by molar-refractivity contribution is 7.90. The summed E-state index contributed by atoms with van der Waals surface area (Å²) < 4.78 is 25.6. The van der Waals surface area contributed by atoms with Crippen molar-refractivity contribution in [1.82, 2.24) is 9.62 Å². The van der Waals surface area contributed by atoms with Gasteiger partial charge in [-0.05, 0) is 57.7 Å². The molecule has 1 heterocycles. The molecule has 1 saturated heterocycles. The quantitative estimate of drug-likeness (QED) is 0.766. The van der Waals surface area contributed by atoms with Crippen LogP contribution in [-0.2, 0) is 21.2 Å². The molecule has 7 nitrogen and oxygen atoms in total. The van der Waals surface area contributed by atoms with Crippen LogP contribution in [0, 0.1) is 0 Å². The number of carboxylic acids is 1. The molecule has 0 saturated carbocycles. The molecule has 0 bridgehead atoms. The Morgan fingerprint density at radius 3 is 2.19 bits per heavy atom. The Bertz CT molecular complexity index is 773. The number of sulfonamides is 1. The molecule has 0 aromatic heterocycles. The SMILES string of the molecule is CC(C)(C)S(=O)(=O)N1CCC(NC(=O)CCc2ccc(C(=O)O)cc2)CC1. The summed E-state index contributed by atoms with van der Waals surface area (Å²) in [6.45, 7) is 5.92. The number of aryl methyl sites for hydroxylation is 1. The zero-order chi connectivity index (χ0) is 20.2. The number of carbonyl (C=O) groups is 2. The second kappa shape index (κ2) is 8.39. The van der Waals surface area contributed by atoms with Crippen molar-refractivity contribution in [3.05, 3.63) is 35.4 Å². The van der Waals surface area contributed by atoms with Crippen LogP contribution in [0.3, 0.4) is 0 Å². The van der Waals surface area contributed by atoms with Gasteiger partial charge < -0.3 is 10.4 Å². The van der Waals surface area contributed by atoms with Gasteiger partial charge in [0, 0.05) is 25.6 Å². The van der Waals surface area contributed by atoms with E-state index in [9.17, 15) is 18.0 Å². The van der Waals surface area contributed by atoms with E-state index >= 15 is 0 Å². The van der Waals surface area contributed by atoms with E-state index in [4.69, 9.17) is 5.11 Å². The van der Waals surface area contributed by atoms with E-state index < -0.39 is 20.7 Å². The van der Waals surface area contributed by atoms with Crippen LogP contribution in [0.5, 0.6) is 0 Å². The molecule has 8 heteroatoms. The van der Waals surface area contributed by atoms with E-state index in [1.807, 2.05) is 0 Å². The van der Waals surface area contributed by atoms with Crippen molar-refractivity contribution in [2.75, 3.05) is 13.1 Å². The first-order valence-electron chi connectivity index (χ1n) is 9.12. The Morgan fingerprint density at radius 1 is 1.15 bits per heavy atom. The van der Waals surface area contributed by atoms with Gasteiger partial charge in [-0.2, -0.15) is 0 Å². The summed E-state index contributed by atoms with van der Waals surface area (Å²) in [7, 11) is -3.33. The Labute approximate surface area is 160 Å². The molecule has 1 aromatic rings. The lowest BCUT2D eigenvalue weighted by Gasteiger charge is -2.35. The highest BCUT2D eigenvalue weighted by Crippen LogP contribution is 2.24. The molecule has 150 valence electrons. The van der Waals surface area contributed by atoms with Crippen LogP contribution in [0.2, 0.25) is 0 Å². The van der Waals surface area contributed by atoms with Gasteiger partial charge in [0.1, 0.15) is 0 Å². The zero-order valence-corrected chi connectivity index (χ0v) is 16.9. The zero-order valence-electron chi connectivity index (χ0n) is 16.1. The molecule has 2 N–H and O–H groups in total. The van der Waals surface area contributed by atoms with Crippen molar-refractivity contribution < 1.29 is 23.1 Å². The molecule has 0 spiro atoms. The molecular formula is C19H28N2O5S. The Hall–Kier alpha value is -1.93. The van der Waals surface area contributed by atoms with Gasteiger partial charge in [-0.1, -0.05) is 12.1 Å².